The van der Waals surface area contributed by atoms with Crippen molar-refractivity contribution in [2.75, 3.05) is 7.11 Å². The van der Waals surface area contributed by atoms with E-state index in [4.69, 9.17) is 4.84 Å². The highest BCUT2D eigenvalue weighted by molar-refractivity contribution is 6.02. The average molecular weight is 249 g/mol. The molecule has 0 aromatic heterocycles. The van der Waals surface area contributed by atoms with Gasteiger partial charge in [-0.25, -0.2) is 4.79 Å². The Labute approximate surface area is 108 Å². The highest BCUT2D eigenvalue weighted by Crippen LogP contribution is 2.16. The number of methoxy groups -OCH3 is 1. The molecule has 0 bridgehead atoms. The maximum Gasteiger partial charge on any atom is 0.337 e. The number of rotatable bonds is 2. The number of nitrogens with zero attached hydrogens (tertiary/aromatic N) is 1. The van der Waals surface area contributed by atoms with E-state index >= 15 is 0 Å². The van der Waals surface area contributed by atoms with Crippen molar-refractivity contribution in [2.45, 2.75) is 33.3 Å². The number of esters is 1. The second-order valence-corrected chi connectivity index (χ2v) is 3.73. The molecule has 4 heteroatoms. The van der Waals surface area contributed by atoms with Crippen LogP contribution in [0, 0.1) is 0 Å². The van der Waals surface area contributed by atoms with E-state index in [-0.39, 0.29) is 12.1 Å². The van der Waals surface area contributed by atoms with Gasteiger partial charge in [0.1, 0.15) is 6.10 Å². The normalized spacial score (nSPS) is 17.1. The first kappa shape index (κ1) is 14.2. The SMILES string of the molecule is CC.COC(=O)c1ccc(C2=NOC(C)C2)cc1. The minimum absolute atomic E-state index is 0.135. The third kappa shape index (κ3) is 3.32. The molecule has 0 saturated carbocycles. The number of carbonyl (C=O) groups excluding carboxylic acids is 1. The van der Waals surface area contributed by atoms with Gasteiger partial charge in [-0.2, -0.15) is 0 Å². The van der Waals surface area contributed by atoms with Crippen molar-refractivity contribution in [3.63, 3.8) is 0 Å². The molecule has 2 rings (SSSR count). The van der Waals surface area contributed by atoms with E-state index in [1.807, 2.05) is 32.9 Å². The van der Waals surface area contributed by atoms with E-state index in [0.29, 0.717) is 5.56 Å². The van der Waals surface area contributed by atoms with Gasteiger partial charge < -0.3 is 9.57 Å². The zero-order valence-corrected chi connectivity index (χ0v) is 11.3. The van der Waals surface area contributed by atoms with Crippen molar-refractivity contribution in [1.82, 2.24) is 0 Å². The molecule has 0 fully saturated rings. The summed E-state index contributed by atoms with van der Waals surface area (Å²) >= 11 is 0. The summed E-state index contributed by atoms with van der Waals surface area (Å²) in [6.07, 6.45) is 0.938. The standard InChI is InChI=1S/C12H13NO3.C2H6/c1-8-7-11(13-16-8)9-3-5-10(6-4-9)12(14)15-2;1-2/h3-6,8H,7H2,1-2H3;1-2H3. The molecule has 0 radical (unpaired) electrons. The molecular weight excluding hydrogens is 230 g/mol. The van der Waals surface area contributed by atoms with Crippen LogP contribution in [0.25, 0.3) is 0 Å². The number of carbonyl (C=O) groups is 1. The van der Waals surface area contributed by atoms with Crippen molar-refractivity contribution >= 4 is 11.7 Å². The Morgan fingerprint density at radius 1 is 1.33 bits per heavy atom. The van der Waals surface area contributed by atoms with Crippen LogP contribution in [0.15, 0.2) is 29.4 Å². The quantitative estimate of drug-likeness (QED) is 0.757. The molecule has 98 valence electrons. The minimum atomic E-state index is -0.329. The lowest BCUT2D eigenvalue weighted by molar-refractivity contribution is 0.0600. The Morgan fingerprint density at radius 2 is 1.94 bits per heavy atom. The van der Waals surface area contributed by atoms with Crippen molar-refractivity contribution in [1.29, 1.82) is 0 Å². The van der Waals surface area contributed by atoms with Crippen LogP contribution < -0.4 is 0 Å². The second kappa shape index (κ2) is 6.79. The summed E-state index contributed by atoms with van der Waals surface area (Å²) < 4.78 is 4.62. The van der Waals surface area contributed by atoms with Crippen LogP contribution in [0.5, 0.6) is 0 Å². The lowest BCUT2D eigenvalue weighted by atomic mass is 10.0. The average Bonchev–Trinajstić information content (AvgIpc) is 2.87. The van der Waals surface area contributed by atoms with E-state index in [9.17, 15) is 4.79 Å². The maximum atomic E-state index is 11.2. The van der Waals surface area contributed by atoms with E-state index in [1.54, 1.807) is 12.1 Å². The highest BCUT2D eigenvalue weighted by Gasteiger charge is 2.17. The smallest absolute Gasteiger partial charge is 0.337 e. The number of oxime groups is 1. The maximum absolute atomic E-state index is 11.2. The zero-order chi connectivity index (χ0) is 13.5. The summed E-state index contributed by atoms with van der Waals surface area (Å²) in [6, 6.07) is 7.16. The van der Waals surface area contributed by atoms with Crippen molar-refractivity contribution < 1.29 is 14.4 Å². The van der Waals surface area contributed by atoms with Gasteiger partial charge in [0.25, 0.3) is 0 Å². The van der Waals surface area contributed by atoms with Gasteiger partial charge in [-0.15, -0.1) is 0 Å². The third-order valence-corrected chi connectivity index (χ3v) is 2.46. The van der Waals surface area contributed by atoms with Crippen molar-refractivity contribution in [3.8, 4) is 0 Å². The number of benzene rings is 1. The molecule has 1 unspecified atom stereocenters. The third-order valence-electron chi connectivity index (χ3n) is 2.46. The Hall–Kier alpha value is -1.84. The van der Waals surface area contributed by atoms with Gasteiger partial charge in [0.15, 0.2) is 0 Å². The van der Waals surface area contributed by atoms with Crippen LogP contribution in [-0.4, -0.2) is 24.9 Å². The fourth-order valence-corrected chi connectivity index (χ4v) is 1.59. The fraction of sp³-hybridized carbons (Fsp3) is 0.429. The molecule has 0 amide bonds. The summed E-state index contributed by atoms with van der Waals surface area (Å²) in [7, 11) is 1.37. The van der Waals surface area contributed by atoms with Crippen LogP contribution in [0.4, 0.5) is 0 Å². The van der Waals surface area contributed by atoms with Crippen molar-refractivity contribution in [3.05, 3.63) is 35.4 Å². The first-order chi connectivity index (χ1) is 8.70. The number of hydrogen-bond donors (Lipinski definition) is 0. The molecular formula is C14H19NO3. The Bertz CT molecular complexity index is 423. The van der Waals surface area contributed by atoms with Crippen LogP contribution in [0.3, 0.4) is 0 Å². The molecule has 4 nitrogen and oxygen atoms in total. The van der Waals surface area contributed by atoms with Crippen LogP contribution in [-0.2, 0) is 9.57 Å². The van der Waals surface area contributed by atoms with Crippen LogP contribution >= 0.6 is 0 Å². The van der Waals surface area contributed by atoms with Crippen LogP contribution in [0.2, 0.25) is 0 Å². The lowest BCUT2D eigenvalue weighted by Gasteiger charge is -2.01. The van der Waals surface area contributed by atoms with Crippen LogP contribution in [0.1, 0.15) is 43.1 Å². The molecule has 1 heterocycles. The summed E-state index contributed by atoms with van der Waals surface area (Å²) in [5.74, 6) is -0.329. The molecule has 1 aliphatic rings. The first-order valence-corrected chi connectivity index (χ1v) is 6.12. The molecule has 0 spiro atoms. The van der Waals surface area contributed by atoms with Gasteiger partial charge in [0, 0.05) is 6.42 Å². The Kier molecular flexibility index (Phi) is 5.36. The number of hydrogen-bond acceptors (Lipinski definition) is 4. The van der Waals surface area contributed by atoms with E-state index < -0.39 is 0 Å². The van der Waals surface area contributed by atoms with Gasteiger partial charge in [-0.3, -0.25) is 0 Å². The van der Waals surface area contributed by atoms with Gasteiger partial charge in [0.05, 0.1) is 18.4 Å². The lowest BCUT2D eigenvalue weighted by Crippen LogP contribution is -2.05. The predicted octanol–water partition coefficient (Wildman–Crippen LogP) is 3.01. The fourth-order valence-electron chi connectivity index (χ4n) is 1.59. The monoisotopic (exact) mass is 249 g/mol. The molecule has 1 aromatic carbocycles. The second-order valence-electron chi connectivity index (χ2n) is 3.73. The summed E-state index contributed by atoms with van der Waals surface area (Å²) in [6.45, 7) is 5.97. The molecule has 0 saturated heterocycles. The van der Waals surface area contributed by atoms with E-state index in [1.165, 1.54) is 7.11 Å². The van der Waals surface area contributed by atoms with E-state index in [2.05, 4.69) is 9.89 Å². The summed E-state index contributed by atoms with van der Waals surface area (Å²) in [5, 5.41) is 3.98. The molecule has 0 N–H and O–H groups in total. The summed E-state index contributed by atoms with van der Waals surface area (Å²) in [4.78, 5) is 16.3. The predicted molar refractivity (Wildman–Crippen MR) is 70.8 cm³/mol. The van der Waals surface area contributed by atoms with Gasteiger partial charge in [0.2, 0.25) is 0 Å². The minimum Gasteiger partial charge on any atom is -0.465 e. The summed E-state index contributed by atoms with van der Waals surface area (Å²) in [5.41, 5.74) is 2.44. The van der Waals surface area contributed by atoms with Gasteiger partial charge in [-0.05, 0) is 24.6 Å². The van der Waals surface area contributed by atoms with Gasteiger partial charge >= 0.3 is 5.97 Å². The van der Waals surface area contributed by atoms with E-state index in [0.717, 1.165) is 17.7 Å². The highest BCUT2D eigenvalue weighted by atomic mass is 16.6. The topological polar surface area (TPSA) is 47.9 Å². The Morgan fingerprint density at radius 3 is 2.39 bits per heavy atom. The van der Waals surface area contributed by atoms with Gasteiger partial charge in [-0.1, -0.05) is 31.1 Å². The number of ether oxygens (including phenoxy) is 1. The molecule has 18 heavy (non-hydrogen) atoms. The molecule has 1 aliphatic heterocycles. The molecule has 0 aliphatic carbocycles. The van der Waals surface area contributed by atoms with Crippen molar-refractivity contribution in [2.24, 2.45) is 5.16 Å². The largest absolute Gasteiger partial charge is 0.465 e. The molecule has 1 atom stereocenters. The Balaban J connectivity index is 0.000000771. The molecule has 1 aromatic rings. The zero-order valence-electron chi connectivity index (χ0n) is 11.3. The first-order valence-electron chi connectivity index (χ1n) is 6.12.